The van der Waals surface area contributed by atoms with Crippen molar-refractivity contribution in [3.05, 3.63) is 70.5 Å². The molecule has 0 saturated heterocycles. The minimum Gasteiger partial charge on any atom is -0.351 e. The zero-order chi connectivity index (χ0) is 22.9. The van der Waals surface area contributed by atoms with Crippen molar-refractivity contribution < 1.29 is 14.0 Å². The van der Waals surface area contributed by atoms with Gasteiger partial charge in [0.1, 0.15) is 17.7 Å². The SMILES string of the molecule is O=C(NC1CCCCCC1)[C@@H](c1ccc(F)cc1)N(CCc1ccc(Cl)cc1)C(=O)CCl. The highest BCUT2D eigenvalue weighted by atomic mass is 35.5. The summed E-state index contributed by atoms with van der Waals surface area (Å²) in [6.07, 6.45) is 6.89. The quantitative estimate of drug-likeness (QED) is 0.392. The number of alkyl halides is 1. The van der Waals surface area contributed by atoms with Gasteiger partial charge in [0.05, 0.1) is 0 Å². The molecular formula is C25H29Cl2FN2O2. The van der Waals surface area contributed by atoms with Crippen molar-refractivity contribution in [3.63, 3.8) is 0 Å². The van der Waals surface area contributed by atoms with Crippen molar-refractivity contribution in [1.29, 1.82) is 0 Å². The summed E-state index contributed by atoms with van der Waals surface area (Å²) in [6, 6.07) is 12.3. The molecule has 2 amide bonds. The molecule has 0 aromatic heterocycles. The fourth-order valence-electron chi connectivity index (χ4n) is 4.20. The molecule has 0 bridgehead atoms. The molecule has 1 atom stereocenters. The van der Waals surface area contributed by atoms with Crippen molar-refractivity contribution in [1.82, 2.24) is 10.2 Å². The summed E-state index contributed by atoms with van der Waals surface area (Å²) in [6.45, 7) is 0.299. The van der Waals surface area contributed by atoms with E-state index in [9.17, 15) is 14.0 Å². The van der Waals surface area contributed by atoms with Gasteiger partial charge in [-0.2, -0.15) is 0 Å². The summed E-state index contributed by atoms with van der Waals surface area (Å²) in [5.41, 5.74) is 1.55. The molecule has 32 heavy (non-hydrogen) atoms. The second-order valence-corrected chi connectivity index (χ2v) is 8.95. The van der Waals surface area contributed by atoms with Gasteiger partial charge in [-0.3, -0.25) is 9.59 Å². The summed E-state index contributed by atoms with van der Waals surface area (Å²) in [5, 5.41) is 3.78. The summed E-state index contributed by atoms with van der Waals surface area (Å²) >= 11 is 11.9. The topological polar surface area (TPSA) is 49.4 Å². The maximum absolute atomic E-state index is 13.6. The number of hydrogen-bond acceptors (Lipinski definition) is 2. The van der Waals surface area contributed by atoms with Crippen LogP contribution in [0.15, 0.2) is 48.5 Å². The average molecular weight is 479 g/mol. The van der Waals surface area contributed by atoms with E-state index in [1.165, 1.54) is 29.9 Å². The highest BCUT2D eigenvalue weighted by molar-refractivity contribution is 6.30. The largest absolute Gasteiger partial charge is 0.351 e. The van der Waals surface area contributed by atoms with E-state index in [-0.39, 0.29) is 23.7 Å². The summed E-state index contributed by atoms with van der Waals surface area (Å²) in [7, 11) is 0. The van der Waals surface area contributed by atoms with Crippen LogP contribution in [0.25, 0.3) is 0 Å². The molecule has 4 nitrogen and oxygen atoms in total. The number of amides is 2. The Morgan fingerprint density at radius 2 is 1.62 bits per heavy atom. The van der Waals surface area contributed by atoms with Crippen LogP contribution in [0.1, 0.15) is 55.7 Å². The number of halogens is 3. The number of hydrogen-bond donors (Lipinski definition) is 1. The minimum absolute atomic E-state index is 0.0807. The molecule has 0 radical (unpaired) electrons. The molecule has 3 rings (SSSR count). The lowest BCUT2D eigenvalue weighted by atomic mass is 10.0. The average Bonchev–Trinajstić information content (AvgIpc) is 3.06. The number of rotatable bonds is 8. The highest BCUT2D eigenvalue weighted by Crippen LogP contribution is 2.25. The van der Waals surface area contributed by atoms with Crippen LogP contribution >= 0.6 is 23.2 Å². The van der Waals surface area contributed by atoms with Gasteiger partial charge in [0.2, 0.25) is 11.8 Å². The van der Waals surface area contributed by atoms with E-state index in [1.54, 1.807) is 24.3 Å². The molecule has 0 heterocycles. The van der Waals surface area contributed by atoms with Crippen molar-refractivity contribution in [3.8, 4) is 0 Å². The van der Waals surface area contributed by atoms with Gasteiger partial charge in [0.15, 0.2) is 0 Å². The molecule has 172 valence electrons. The Hall–Kier alpha value is -2.11. The Labute approximate surface area is 199 Å². The van der Waals surface area contributed by atoms with E-state index >= 15 is 0 Å². The van der Waals surface area contributed by atoms with E-state index < -0.39 is 11.9 Å². The first-order valence-corrected chi connectivity index (χ1v) is 12.0. The van der Waals surface area contributed by atoms with E-state index in [1.807, 2.05) is 12.1 Å². The molecule has 0 spiro atoms. The molecule has 1 aliphatic rings. The standard InChI is InChI=1S/C25H29Cl2FN2O2/c26-17-23(31)30(16-15-18-7-11-20(27)12-8-18)24(19-9-13-21(28)14-10-19)25(32)29-22-5-3-1-2-4-6-22/h7-14,22,24H,1-6,15-17H2,(H,29,32)/t24-/m1/s1. The van der Waals surface area contributed by atoms with Crippen LogP contribution in [0.5, 0.6) is 0 Å². The third kappa shape index (κ3) is 6.94. The fourth-order valence-corrected chi connectivity index (χ4v) is 4.48. The fraction of sp³-hybridized carbons (Fsp3) is 0.440. The van der Waals surface area contributed by atoms with Crippen LogP contribution in [-0.2, 0) is 16.0 Å². The van der Waals surface area contributed by atoms with Crippen molar-refractivity contribution in [2.24, 2.45) is 0 Å². The van der Waals surface area contributed by atoms with Gasteiger partial charge >= 0.3 is 0 Å². The van der Waals surface area contributed by atoms with Crippen LogP contribution in [0.4, 0.5) is 4.39 Å². The number of nitrogens with zero attached hydrogens (tertiary/aromatic N) is 1. The van der Waals surface area contributed by atoms with Crippen LogP contribution in [-0.4, -0.2) is 35.2 Å². The molecule has 1 N–H and O–H groups in total. The summed E-state index contributed by atoms with van der Waals surface area (Å²) in [4.78, 5) is 27.8. The number of carbonyl (C=O) groups is 2. The van der Waals surface area contributed by atoms with E-state index in [0.717, 1.165) is 31.2 Å². The zero-order valence-corrected chi connectivity index (χ0v) is 19.5. The first kappa shape index (κ1) is 24.5. The van der Waals surface area contributed by atoms with Crippen molar-refractivity contribution >= 4 is 35.0 Å². The maximum atomic E-state index is 13.6. The maximum Gasteiger partial charge on any atom is 0.247 e. The Morgan fingerprint density at radius 1 is 1.00 bits per heavy atom. The number of nitrogens with one attached hydrogen (secondary N) is 1. The van der Waals surface area contributed by atoms with E-state index in [4.69, 9.17) is 23.2 Å². The van der Waals surface area contributed by atoms with Gasteiger partial charge in [-0.05, 0) is 54.7 Å². The molecule has 1 aliphatic carbocycles. The Kier molecular flexibility index (Phi) is 9.36. The lowest BCUT2D eigenvalue weighted by Crippen LogP contribution is -2.47. The molecular weight excluding hydrogens is 450 g/mol. The summed E-state index contributed by atoms with van der Waals surface area (Å²) in [5.74, 6) is -1.23. The van der Waals surface area contributed by atoms with Crippen molar-refractivity contribution in [2.45, 2.75) is 57.0 Å². The van der Waals surface area contributed by atoms with Gasteiger partial charge in [0, 0.05) is 17.6 Å². The van der Waals surface area contributed by atoms with E-state index in [2.05, 4.69) is 5.32 Å². The first-order chi connectivity index (χ1) is 15.5. The van der Waals surface area contributed by atoms with Crippen molar-refractivity contribution in [2.75, 3.05) is 12.4 Å². The van der Waals surface area contributed by atoms with Gasteiger partial charge in [-0.15, -0.1) is 11.6 Å². The monoisotopic (exact) mass is 478 g/mol. The normalized spacial score (nSPS) is 15.6. The molecule has 0 unspecified atom stereocenters. The van der Waals surface area contributed by atoms with Gasteiger partial charge in [-0.25, -0.2) is 4.39 Å². The lowest BCUT2D eigenvalue weighted by Gasteiger charge is -2.32. The molecule has 2 aromatic carbocycles. The molecule has 1 fully saturated rings. The van der Waals surface area contributed by atoms with Crippen LogP contribution < -0.4 is 5.32 Å². The third-order valence-electron chi connectivity index (χ3n) is 5.94. The predicted molar refractivity (Wildman–Crippen MR) is 126 cm³/mol. The minimum atomic E-state index is -0.877. The predicted octanol–water partition coefficient (Wildman–Crippen LogP) is 5.67. The molecule has 7 heteroatoms. The Morgan fingerprint density at radius 3 is 2.22 bits per heavy atom. The first-order valence-electron chi connectivity index (χ1n) is 11.1. The molecule has 2 aromatic rings. The lowest BCUT2D eigenvalue weighted by molar-refractivity contribution is -0.139. The summed E-state index contributed by atoms with van der Waals surface area (Å²) < 4.78 is 13.6. The van der Waals surface area contributed by atoms with Crippen LogP contribution in [0.2, 0.25) is 5.02 Å². The van der Waals surface area contributed by atoms with Gasteiger partial charge < -0.3 is 10.2 Å². The smallest absolute Gasteiger partial charge is 0.247 e. The molecule has 1 saturated carbocycles. The second kappa shape index (κ2) is 12.2. The van der Waals surface area contributed by atoms with Gasteiger partial charge in [0.25, 0.3) is 0 Å². The highest BCUT2D eigenvalue weighted by Gasteiger charge is 2.32. The second-order valence-electron chi connectivity index (χ2n) is 8.25. The van der Waals surface area contributed by atoms with E-state index in [0.29, 0.717) is 23.6 Å². The number of benzene rings is 2. The number of carbonyl (C=O) groups excluding carboxylic acids is 2. The van der Waals surface area contributed by atoms with Gasteiger partial charge in [-0.1, -0.05) is 61.5 Å². The Bertz CT molecular complexity index is 882. The van der Waals surface area contributed by atoms with Crippen LogP contribution in [0, 0.1) is 5.82 Å². The Balaban J connectivity index is 1.85. The molecule has 0 aliphatic heterocycles. The van der Waals surface area contributed by atoms with Crippen LogP contribution in [0.3, 0.4) is 0 Å². The zero-order valence-electron chi connectivity index (χ0n) is 18.0. The third-order valence-corrected chi connectivity index (χ3v) is 6.42.